The van der Waals surface area contributed by atoms with Crippen LogP contribution in [0.2, 0.25) is 0 Å². The van der Waals surface area contributed by atoms with Gasteiger partial charge in [0, 0.05) is 12.1 Å². The molecular formula is C21H18FN3OS. The minimum Gasteiger partial charge on any atom is -0.282 e. The van der Waals surface area contributed by atoms with Gasteiger partial charge in [0.1, 0.15) is 10.8 Å². The number of rotatable bonds is 6. The van der Waals surface area contributed by atoms with Crippen molar-refractivity contribution in [1.29, 1.82) is 0 Å². The number of anilines is 1. The monoisotopic (exact) mass is 379 g/mol. The summed E-state index contributed by atoms with van der Waals surface area (Å²) in [6, 6.07) is 13.9. The number of halogens is 1. The van der Waals surface area contributed by atoms with E-state index in [2.05, 4.69) is 16.8 Å². The summed E-state index contributed by atoms with van der Waals surface area (Å²) < 4.78 is 14.1. The number of carbonyl (C=O) groups is 1. The molecule has 6 heteroatoms. The summed E-state index contributed by atoms with van der Waals surface area (Å²) in [5.74, 6) is -0.447. The van der Waals surface area contributed by atoms with Crippen molar-refractivity contribution in [2.24, 2.45) is 5.92 Å². The van der Waals surface area contributed by atoms with Crippen LogP contribution in [0, 0.1) is 11.7 Å². The second-order valence-corrected chi connectivity index (χ2v) is 7.51. The predicted molar refractivity (Wildman–Crippen MR) is 106 cm³/mol. The molecule has 1 saturated carbocycles. The van der Waals surface area contributed by atoms with Crippen LogP contribution in [0.5, 0.6) is 0 Å². The SMILES string of the molecule is C=Cc1ccc(-c2nnc(N(CC3CC3)C(=O)c3ccccc3F)s2)cc1. The Balaban J connectivity index is 1.64. The zero-order valence-electron chi connectivity index (χ0n) is 14.6. The van der Waals surface area contributed by atoms with Gasteiger partial charge in [-0.3, -0.25) is 9.69 Å². The lowest BCUT2D eigenvalue weighted by molar-refractivity contribution is 0.0981. The number of amides is 1. The largest absolute Gasteiger partial charge is 0.282 e. The second-order valence-electron chi connectivity index (χ2n) is 6.55. The van der Waals surface area contributed by atoms with Crippen molar-refractivity contribution in [2.75, 3.05) is 11.4 Å². The normalized spacial score (nSPS) is 13.4. The average molecular weight is 379 g/mol. The van der Waals surface area contributed by atoms with Crippen LogP contribution in [0.15, 0.2) is 55.1 Å². The fourth-order valence-electron chi connectivity index (χ4n) is 2.79. The number of hydrogen-bond donors (Lipinski definition) is 0. The Hall–Kier alpha value is -2.86. The average Bonchev–Trinajstić information content (AvgIpc) is 3.40. The van der Waals surface area contributed by atoms with E-state index >= 15 is 0 Å². The lowest BCUT2D eigenvalue weighted by atomic mass is 10.1. The van der Waals surface area contributed by atoms with Gasteiger partial charge < -0.3 is 0 Å². The maximum atomic E-state index is 14.1. The van der Waals surface area contributed by atoms with Crippen LogP contribution >= 0.6 is 11.3 Å². The summed E-state index contributed by atoms with van der Waals surface area (Å²) in [6.45, 7) is 4.29. The van der Waals surface area contributed by atoms with E-state index in [4.69, 9.17) is 0 Å². The Morgan fingerprint density at radius 2 is 1.93 bits per heavy atom. The van der Waals surface area contributed by atoms with Gasteiger partial charge in [0.25, 0.3) is 5.91 Å². The third-order valence-electron chi connectivity index (χ3n) is 4.53. The van der Waals surface area contributed by atoms with Gasteiger partial charge in [-0.05, 0) is 36.5 Å². The lowest BCUT2D eigenvalue weighted by Gasteiger charge is -2.19. The van der Waals surface area contributed by atoms with Gasteiger partial charge in [0.05, 0.1) is 5.56 Å². The fraction of sp³-hybridized carbons (Fsp3) is 0.190. The molecule has 0 saturated heterocycles. The van der Waals surface area contributed by atoms with E-state index in [-0.39, 0.29) is 11.5 Å². The van der Waals surface area contributed by atoms with Gasteiger partial charge in [0.2, 0.25) is 5.13 Å². The number of hydrogen-bond acceptors (Lipinski definition) is 4. The topological polar surface area (TPSA) is 46.1 Å². The molecule has 4 nitrogen and oxygen atoms in total. The highest BCUT2D eigenvalue weighted by atomic mass is 32.1. The molecule has 3 aromatic rings. The minimum absolute atomic E-state index is 0.0604. The van der Waals surface area contributed by atoms with Crippen LogP contribution in [0.4, 0.5) is 9.52 Å². The van der Waals surface area contributed by atoms with E-state index in [9.17, 15) is 9.18 Å². The zero-order chi connectivity index (χ0) is 18.8. The molecule has 0 N–H and O–H groups in total. The van der Waals surface area contributed by atoms with Crippen molar-refractivity contribution >= 4 is 28.5 Å². The van der Waals surface area contributed by atoms with Crippen molar-refractivity contribution in [2.45, 2.75) is 12.8 Å². The van der Waals surface area contributed by atoms with Gasteiger partial charge in [-0.2, -0.15) is 0 Å². The van der Waals surface area contributed by atoms with Crippen LogP contribution in [-0.4, -0.2) is 22.6 Å². The summed E-state index contributed by atoms with van der Waals surface area (Å²) >= 11 is 1.34. The summed E-state index contributed by atoms with van der Waals surface area (Å²) in [7, 11) is 0. The third kappa shape index (κ3) is 3.80. The van der Waals surface area contributed by atoms with Gasteiger partial charge in [0.15, 0.2) is 0 Å². The molecule has 136 valence electrons. The molecule has 0 aliphatic heterocycles. The number of benzene rings is 2. The Bertz CT molecular complexity index is 979. The van der Waals surface area contributed by atoms with E-state index in [0.29, 0.717) is 17.6 Å². The van der Waals surface area contributed by atoms with Crippen LogP contribution in [0.25, 0.3) is 16.6 Å². The molecule has 1 fully saturated rings. The molecule has 1 aliphatic rings. The summed E-state index contributed by atoms with van der Waals surface area (Å²) in [5, 5.41) is 9.69. The fourth-order valence-corrected chi connectivity index (χ4v) is 3.65. The van der Waals surface area contributed by atoms with E-state index in [1.165, 1.54) is 23.5 Å². The van der Waals surface area contributed by atoms with Crippen molar-refractivity contribution < 1.29 is 9.18 Å². The molecule has 2 aromatic carbocycles. The molecule has 0 bridgehead atoms. The molecule has 1 amide bonds. The highest BCUT2D eigenvalue weighted by Crippen LogP contribution is 2.35. The molecule has 0 radical (unpaired) electrons. The van der Waals surface area contributed by atoms with Crippen molar-refractivity contribution in [3.8, 4) is 10.6 Å². The second kappa shape index (κ2) is 7.40. The van der Waals surface area contributed by atoms with E-state index < -0.39 is 5.82 Å². The van der Waals surface area contributed by atoms with E-state index in [1.54, 1.807) is 23.1 Å². The first-order valence-corrected chi connectivity index (χ1v) is 9.60. The first-order chi connectivity index (χ1) is 13.2. The highest BCUT2D eigenvalue weighted by Gasteiger charge is 2.31. The third-order valence-corrected chi connectivity index (χ3v) is 5.52. The van der Waals surface area contributed by atoms with Gasteiger partial charge in [-0.15, -0.1) is 10.2 Å². The summed E-state index contributed by atoms with van der Waals surface area (Å²) in [4.78, 5) is 14.5. The number of nitrogens with zero attached hydrogens (tertiary/aromatic N) is 3. The van der Waals surface area contributed by atoms with Crippen LogP contribution in [-0.2, 0) is 0 Å². The Labute approximate surface area is 161 Å². The first-order valence-electron chi connectivity index (χ1n) is 8.78. The summed E-state index contributed by atoms with van der Waals surface area (Å²) in [6.07, 6.45) is 3.94. The van der Waals surface area contributed by atoms with Crippen LogP contribution in [0.3, 0.4) is 0 Å². The number of carbonyl (C=O) groups excluding carboxylic acids is 1. The zero-order valence-corrected chi connectivity index (χ0v) is 15.5. The van der Waals surface area contributed by atoms with Crippen molar-refractivity contribution in [3.63, 3.8) is 0 Å². The van der Waals surface area contributed by atoms with Crippen LogP contribution < -0.4 is 4.90 Å². The molecule has 4 rings (SSSR count). The number of aromatic nitrogens is 2. The molecule has 1 heterocycles. The van der Waals surface area contributed by atoms with Gasteiger partial charge >= 0.3 is 0 Å². The quantitative estimate of drug-likeness (QED) is 0.602. The molecule has 0 spiro atoms. The molecule has 0 atom stereocenters. The van der Waals surface area contributed by atoms with E-state index in [0.717, 1.165) is 29.0 Å². The van der Waals surface area contributed by atoms with E-state index in [1.807, 2.05) is 24.3 Å². The highest BCUT2D eigenvalue weighted by molar-refractivity contribution is 7.18. The maximum Gasteiger partial charge on any atom is 0.263 e. The Kier molecular flexibility index (Phi) is 4.81. The smallest absolute Gasteiger partial charge is 0.263 e. The molecule has 1 aliphatic carbocycles. The Morgan fingerprint density at radius 3 is 2.59 bits per heavy atom. The molecule has 27 heavy (non-hydrogen) atoms. The van der Waals surface area contributed by atoms with Crippen molar-refractivity contribution in [3.05, 3.63) is 72.1 Å². The summed E-state index contributed by atoms with van der Waals surface area (Å²) in [5.41, 5.74) is 2.01. The predicted octanol–water partition coefficient (Wildman–Crippen LogP) is 5.04. The minimum atomic E-state index is -0.520. The molecule has 1 aromatic heterocycles. The maximum absolute atomic E-state index is 14.1. The lowest BCUT2D eigenvalue weighted by Crippen LogP contribution is -2.33. The van der Waals surface area contributed by atoms with Crippen molar-refractivity contribution in [1.82, 2.24) is 10.2 Å². The first kappa shape index (κ1) is 17.5. The van der Waals surface area contributed by atoms with Crippen LogP contribution in [0.1, 0.15) is 28.8 Å². The molecule has 0 unspecified atom stereocenters. The molecular weight excluding hydrogens is 361 g/mol. The standard InChI is InChI=1S/C21H18FN3OS/c1-2-14-9-11-16(12-10-14)19-23-24-21(27-19)25(13-15-7-8-15)20(26)17-5-3-4-6-18(17)22/h2-6,9-12,15H,1,7-8,13H2. The Morgan fingerprint density at radius 1 is 1.19 bits per heavy atom. The van der Waals surface area contributed by atoms with Gasteiger partial charge in [-0.25, -0.2) is 4.39 Å². The van der Waals surface area contributed by atoms with Gasteiger partial charge in [-0.1, -0.05) is 60.4 Å².